The zero-order valence-electron chi connectivity index (χ0n) is 5.81. The zero-order chi connectivity index (χ0) is 8.43. The Morgan fingerprint density at radius 3 is 2.64 bits per heavy atom. The number of rotatable bonds is 1. The fourth-order valence-electron chi connectivity index (χ4n) is 0.478. The summed E-state index contributed by atoms with van der Waals surface area (Å²) in [6.45, 7) is 1.76. The molecule has 7 heteroatoms. The van der Waals surface area contributed by atoms with Crippen molar-refractivity contribution in [2.24, 2.45) is 11.6 Å². The van der Waals surface area contributed by atoms with Crippen molar-refractivity contribution < 1.29 is 4.79 Å². The van der Waals surface area contributed by atoms with Crippen molar-refractivity contribution in [2.45, 2.75) is 6.92 Å². The van der Waals surface area contributed by atoms with Crippen LogP contribution in [0.15, 0.2) is 0 Å². The minimum atomic E-state index is -0.749. The van der Waals surface area contributed by atoms with Gasteiger partial charge in [-0.05, 0) is 6.92 Å². The van der Waals surface area contributed by atoms with E-state index in [1.54, 1.807) is 6.92 Å². The van der Waals surface area contributed by atoms with Crippen LogP contribution in [0.5, 0.6) is 0 Å². The van der Waals surface area contributed by atoms with Gasteiger partial charge in [0.1, 0.15) is 5.01 Å². The Balaban J connectivity index is 2.84. The van der Waals surface area contributed by atoms with E-state index in [-0.39, 0.29) is 0 Å². The summed E-state index contributed by atoms with van der Waals surface area (Å²) in [6.07, 6.45) is 0. The molecule has 0 fully saturated rings. The van der Waals surface area contributed by atoms with E-state index in [4.69, 9.17) is 11.6 Å². The lowest BCUT2D eigenvalue weighted by Gasteiger charge is -2.06. The topological polar surface area (TPSA) is 98.1 Å². The molecule has 11 heavy (non-hydrogen) atoms. The second kappa shape index (κ2) is 2.81. The van der Waals surface area contributed by atoms with Crippen LogP contribution in [-0.4, -0.2) is 16.2 Å². The van der Waals surface area contributed by atoms with Crippen LogP contribution in [0.2, 0.25) is 0 Å². The van der Waals surface area contributed by atoms with Gasteiger partial charge in [-0.2, -0.15) is 0 Å². The number of nitrogens with two attached hydrogens (primary N) is 2. The molecule has 0 atom stereocenters. The highest BCUT2D eigenvalue weighted by Crippen LogP contribution is 2.15. The van der Waals surface area contributed by atoms with Crippen LogP contribution in [0.1, 0.15) is 5.01 Å². The van der Waals surface area contributed by atoms with Crippen molar-refractivity contribution in [1.29, 1.82) is 0 Å². The third kappa shape index (κ3) is 1.63. The SMILES string of the molecule is Cc1nnc(N(N)C(N)=O)s1. The number of amides is 2. The van der Waals surface area contributed by atoms with Crippen molar-refractivity contribution in [3.63, 3.8) is 0 Å². The van der Waals surface area contributed by atoms with E-state index in [1.807, 2.05) is 0 Å². The third-order valence-corrected chi connectivity index (χ3v) is 1.80. The summed E-state index contributed by atoms with van der Waals surface area (Å²) in [4.78, 5) is 10.5. The summed E-state index contributed by atoms with van der Waals surface area (Å²) < 4.78 is 0. The molecule has 0 bridgehead atoms. The maximum atomic E-state index is 10.5. The lowest BCUT2D eigenvalue weighted by atomic mass is 10.9. The average Bonchev–Trinajstić information content (AvgIpc) is 2.34. The van der Waals surface area contributed by atoms with Gasteiger partial charge in [-0.15, -0.1) is 10.2 Å². The fraction of sp³-hybridized carbons (Fsp3) is 0.250. The van der Waals surface area contributed by atoms with Crippen LogP contribution in [0.3, 0.4) is 0 Å². The number of urea groups is 1. The molecule has 0 aromatic carbocycles. The number of primary amides is 1. The van der Waals surface area contributed by atoms with E-state index in [9.17, 15) is 4.79 Å². The first-order valence-electron chi connectivity index (χ1n) is 2.75. The first-order valence-corrected chi connectivity index (χ1v) is 3.57. The summed E-state index contributed by atoms with van der Waals surface area (Å²) in [5.41, 5.74) is 4.88. The summed E-state index contributed by atoms with van der Waals surface area (Å²) >= 11 is 1.20. The van der Waals surface area contributed by atoms with E-state index in [1.165, 1.54) is 11.3 Å². The molecule has 1 aromatic rings. The van der Waals surface area contributed by atoms with Crippen LogP contribution < -0.4 is 16.6 Å². The number of carbonyl (C=O) groups is 1. The number of anilines is 1. The first kappa shape index (κ1) is 7.89. The fourth-order valence-corrected chi connectivity index (χ4v) is 1.09. The quantitative estimate of drug-likeness (QED) is 0.343. The molecule has 0 radical (unpaired) electrons. The molecule has 0 saturated carbocycles. The van der Waals surface area contributed by atoms with Gasteiger partial charge < -0.3 is 5.73 Å². The van der Waals surface area contributed by atoms with Gasteiger partial charge in [0.05, 0.1) is 0 Å². The minimum absolute atomic E-state index is 0.301. The summed E-state index contributed by atoms with van der Waals surface area (Å²) in [6, 6.07) is -0.749. The van der Waals surface area contributed by atoms with E-state index < -0.39 is 6.03 Å². The molecule has 0 saturated heterocycles. The maximum Gasteiger partial charge on any atom is 0.335 e. The van der Waals surface area contributed by atoms with Gasteiger partial charge >= 0.3 is 6.03 Å². The minimum Gasteiger partial charge on any atom is -0.350 e. The van der Waals surface area contributed by atoms with Crippen molar-refractivity contribution >= 4 is 22.5 Å². The average molecular weight is 173 g/mol. The molecule has 0 aliphatic heterocycles. The van der Waals surface area contributed by atoms with Crippen LogP contribution >= 0.6 is 11.3 Å². The Kier molecular flexibility index (Phi) is 2.01. The second-order valence-electron chi connectivity index (χ2n) is 1.81. The number of nitrogens with zero attached hydrogens (tertiary/aromatic N) is 3. The largest absolute Gasteiger partial charge is 0.350 e. The summed E-state index contributed by atoms with van der Waals surface area (Å²) in [5.74, 6) is 5.22. The molecule has 0 unspecified atom stereocenters. The van der Waals surface area contributed by atoms with Gasteiger partial charge in [-0.1, -0.05) is 11.3 Å². The Labute approximate surface area is 66.8 Å². The zero-order valence-corrected chi connectivity index (χ0v) is 6.63. The van der Waals surface area contributed by atoms with Crippen LogP contribution in [0.4, 0.5) is 9.93 Å². The van der Waals surface area contributed by atoms with E-state index >= 15 is 0 Å². The van der Waals surface area contributed by atoms with Gasteiger partial charge in [0.2, 0.25) is 5.13 Å². The molecule has 6 nitrogen and oxygen atoms in total. The first-order chi connectivity index (χ1) is 5.11. The number of hydrazine groups is 1. The predicted molar refractivity (Wildman–Crippen MR) is 40.9 cm³/mol. The molecule has 1 rings (SSSR count). The van der Waals surface area contributed by atoms with Crippen molar-refractivity contribution in [1.82, 2.24) is 10.2 Å². The van der Waals surface area contributed by atoms with Gasteiger partial charge in [-0.25, -0.2) is 15.6 Å². The molecule has 1 heterocycles. The lowest BCUT2D eigenvalue weighted by Crippen LogP contribution is -2.41. The Morgan fingerprint density at radius 2 is 2.27 bits per heavy atom. The number of carbonyl (C=O) groups excluding carboxylic acids is 1. The molecule has 60 valence electrons. The Morgan fingerprint density at radius 1 is 1.64 bits per heavy atom. The standard InChI is InChI=1S/C4H7N5OS/c1-2-7-8-4(11-2)9(6)3(5)10/h6H2,1H3,(H2,5,10). The third-order valence-electron chi connectivity index (χ3n) is 0.959. The van der Waals surface area contributed by atoms with E-state index in [0.717, 1.165) is 10.0 Å². The molecule has 2 amide bonds. The van der Waals surface area contributed by atoms with Crippen LogP contribution in [0.25, 0.3) is 0 Å². The Hall–Kier alpha value is -1.21. The molecule has 1 aromatic heterocycles. The molecular formula is C4H7N5OS. The smallest absolute Gasteiger partial charge is 0.335 e. The highest BCUT2D eigenvalue weighted by molar-refractivity contribution is 7.15. The van der Waals surface area contributed by atoms with Crippen LogP contribution in [-0.2, 0) is 0 Å². The summed E-state index contributed by atoms with van der Waals surface area (Å²) in [7, 11) is 0. The van der Waals surface area contributed by atoms with Crippen LogP contribution in [0, 0.1) is 6.92 Å². The van der Waals surface area contributed by atoms with E-state index in [2.05, 4.69) is 10.2 Å². The normalized spacial score (nSPS) is 9.64. The molecular weight excluding hydrogens is 166 g/mol. The monoisotopic (exact) mass is 173 g/mol. The van der Waals surface area contributed by atoms with Gasteiger partial charge in [0, 0.05) is 0 Å². The second-order valence-corrected chi connectivity index (χ2v) is 2.97. The predicted octanol–water partition coefficient (Wildman–Crippen LogP) is -0.395. The number of hydrogen-bond acceptors (Lipinski definition) is 5. The van der Waals surface area contributed by atoms with Crippen molar-refractivity contribution in [3.8, 4) is 0 Å². The maximum absolute atomic E-state index is 10.5. The Bertz CT molecular complexity index is 271. The van der Waals surface area contributed by atoms with Crippen molar-refractivity contribution in [2.75, 3.05) is 5.01 Å². The molecule has 0 aliphatic rings. The highest BCUT2D eigenvalue weighted by Gasteiger charge is 2.11. The van der Waals surface area contributed by atoms with Gasteiger partial charge in [0.25, 0.3) is 0 Å². The van der Waals surface area contributed by atoms with Gasteiger partial charge in [-0.3, -0.25) is 0 Å². The molecule has 0 aliphatic carbocycles. The lowest BCUT2D eigenvalue weighted by molar-refractivity contribution is 0.254. The highest BCUT2D eigenvalue weighted by atomic mass is 32.1. The van der Waals surface area contributed by atoms with Gasteiger partial charge in [0.15, 0.2) is 0 Å². The number of aromatic nitrogens is 2. The number of hydrogen-bond donors (Lipinski definition) is 2. The molecule has 4 N–H and O–H groups in total. The van der Waals surface area contributed by atoms with E-state index in [0.29, 0.717) is 5.13 Å². The molecule has 0 spiro atoms. The summed E-state index contributed by atoms with van der Waals surface area (Å²) in [5, 5.41) is 9.05. The number of aryl methyl sites for hydroxylation is 1. The van der Waals surface area contributed by atoms with Crippen molar-refractivity contribution in [3.05, 3.63) is 5.01 Å².